The van der Waals surface area contributed by atoms with Gasteiger partial charge >= 0.3 is 5.97 Å². The third-order valence-electron chi connectivity index (χ3n) is 6.90. The van der Waals surface area contributed by atoms with Gasteiger partial charge in [-0.1, -0.05) is 64.2 Å². The van der Waals surface area contributed by atoms with Crippen LogP contribution in [0.5, 0.6) is 5.75 Å². The summed E-state index contributed by atoms with van der Waals surface area (Å²) in [6.07, 6.45) is 10.5. The van der Waals surface area contributed by atoms with Crippen molar-refractivity contribution in [3.63, 3.8) is 0 Å². The Kier molecular flexibility index (Phi) is 31.8. The zero-order valence-corrected chi connectivity index (χ0v) is 29.9. The first-order valence-corrected chi connectivity index (χ1v) is 17.8. The largest absolute Gasteiger partial charge is 0.491 e. The van der Waals surface area contributed by atoms with Crippen molar-refractivity contribution >= 4 is 5.97 Å². The summed E-state index contributed by atoms with van der Waals surface area (Å²) in [6.45, 7) is 15.8. The number of benzene rings is 1. The van der Waals surface area contributed by atoms with E-state index in [4.69, 9.17) is 47.4 Å². The van der Waals surface area contributed by atoms with E-state index in [1.54, 1.807) is 6.92 Å². The molecule has 11 heteroatoms. The Hall–Kier alpha value is -2.09. The van der Waals surface area contributed by atoms with Crippen LogP contribution in [-0.4, -0.2) is 125 Å². The van der Waals surface area contributed by atoms with E-state index in [1.807, 2.05) is 0 Å². The summed E-state index contributed by atoms with van der Waals surface area (Å²) < 4.78 is 54.5. The summed E-state index contributed by atoms with van der Waals surface area (Å²) >= 11 is 0. The third kappa shape index (κ3) is 30.0. The number of carbonyl (C=O) groups excluding carboxylic acids is 1. The molecule has 1 rings (SSSR count). The van der Waals surface area contributed by atoms with Crippen LogP contribution in [0.1, 0.15) is 64.4 Å². The van der Waals surface area contributed by atoms with Crippen LogP contribution in [0, 0.1) is 0 Å². The van der Waals surface area contributed by atoms with E-state index in [0.717, 1.165) is 12.2 Å². The predicted molar refractivity (Wildman–Crippen MR) is 186 cm³/mol. The van der Waals surface area contributed by atoms with Gasteiger partial charge < -0.3 is 47.4 Å². The van der Waals surface area contributed by atoms with Crippen LogP contribution in [0.25, 0.3) is 0 Å². The molecule has 0 aliphatic rings. The highest BCUT2D eigenvalue weighted by molar-refractivity contribution is 5.86. The van der Waals surface area contributed by atoms with Crippen LogP contribution < -0.4 is 4.74 Å². The molecule has 0 amide bonds. The molecule has 0 fully saturated rings. The number of hydrogen-bond acceptors (Lipinski definition) is 11. The molecule has 48 heavy (non-hydrogen) atoms. The lowest BCUT2D eigenvalue weighted by molar-refractivity contribution is -0.140. The molecular weight excluding hydrogens is 620 g/mol. The molecule has 0 radical (unpaired) electrons. The Bertz CT molecular complexity index is 850. The molecule has 0 saturated heterocycles. The average Bonchev–Trinajstić information content (AvgIpc) is 3.09. The van der Waals surface area contributed by atoms with Crippen molar-refractivity contribution in [3.05, 3.63) is 42.0 Å². The molecule has 0 aromatic heterocycles. The zero-order chi connectivity index (χ0) is 34.6. The van der Waals surface area contributed by atoms with Gasteiger partial charge in [-0.2, -0.15) is 0 Å². The molecule has 0 saturated carbocycles. The van der Waals surface area contributed by atoms with E-state index in [9.17, 15) is 4.79 Å². The van der Waals surface area contributed by atoms with Gasteiger partial charge in [-0.3, -0.25) is 0 Å². The van der Waals surface area contributed by atoms with E-state index < -0.39 is 5.97 Å². The second-order valence-electron chi connectivity index (χ2n) is 11.2. The maximum atomic E-state index is 11.2. The summed E-state index contributed by atoms with van der Waals surface area (Å²) in [6, 6.07) is 8.44. The first-order valence-electron chi connectivity index (χ1n) is 17.8. The van der Waals surface area contributed by atoms with E-state index in [-0.39, 0.29) is 6.61 Å². The topological polar surface area (TPSA) is 109 Å². The summed E-state index contributed by atoms with van der Waals surface area (Å²) in [5, 5.41) is 0. The molecule has 11 nitrogen and oxygen atoms in total. The standard InChI is InChI=1S/C37H64O11/c1-4-5-6-7-8-9-10-11-35-12-14-36(15-13-35)47-32-30-45-28-26-43-24-22-41-20-18-39-16-17-40-19-21-42-23-25-44-27-29-46-31-33-48-37(38)34(2)3/h12-15H,2,4-11,16-33H2,1,3H3. The molecule has 1 aromatic carbocycles. The second kappa shape index (κ2) is 34.8. The summed E-state index contributed by atoms with van der Waals surface area (Å²) in [5.41, 5.74) is 1.75. The lowest BCUT2D eigenvalue weighted by atomic mass is 10.0. The van der Waals surface area contributed by atoms with Crippen molar-refractivity contribution in [2.24, 2.45) is 0 Å². The molecule has 0 unspecified atom stereocenters. The molecule has 0 bridgehead atoms. The quantitative estimate of drug-likeness (QED) is 0.0496. The van der Waals surface area contributed by atoms with Gasteiger partial charge in [0.25, 0.3) is 0 Å². The third-order valence-corrected chi connectivity index (χ3v) is 6.90. The maximum Gasteiger partial charge on any atom is 0.333 e. The first-order chi connectivity index (χ1) is 23.6. The predicted octanol–water partition coefficient (Wildman–Crippen LogP) is 5.61. The Morgan fingerprint density at radius 2 is 0.854 bits per heavy atom. The van der Waals surface area contributed by atoms with Gasteiger partial charge in [-0.25, -0.2) is 4.79 Å². The maximum absolute atomic E-state index is 11.2. The van der Waals surface area contributed by atoms with E-state index in [0.29, 0.717) is 118 Å². The average molecular weight is 685 g/mol. The number of ether oxygens (including phenoxy) is 10. The SMILES string of the molecule is C=C(C)C(=O)OCCOCCOCCOCCOCCOCCOCCOCCOCCOc1ccc(CCCCCCCCC)cc1. The van der Waals surface area contributed by atoms with Crippen molar-refractivity contribution in [2.75, 3.05) is 119 Å². The number of aryl methyl sites for hydroxylation is 1. The lowest BCUT2D eigenvalue weighted by Crippen LogP contribution is -2.15. The molecule has 0 N–H and O–H groups in total. The number of rotatable bonds is 37. The van der Waals surface area contributed by atoms with E-state index in [2.05, 4.69) is 37.8 Å². The molecule has 0 aliphatic carbocycles. The van der Waals surface area contributed by atoms with Crippen LogP contribution >= 0.6 is 0 Å². The molecule has 0 spiro atoms. The molecule has 1 aromatic rings. The minimum atomic E-state index is -0.410. The molecule has 278 valence electrons. The number of carbonyl (C=O) groups is 1. The molecule has 0 heterocycles. The molecular formula is C37H64O11. The summed E-state index contributed by atoms with van der Waals surface area (Å²) in [4.78, 5) is 11.2. The Labute approximate surface area is 289 Å². The van der Waals surface area contributed by atoms with Crippen molar-refractivity contribution in [1.82, 2.24) is 0 Å². The molecule has 0 aliphatic heterocycles. The minimum absolute atomic E-state index is 0.202. The first kappa shape index (κ1) is 43.9. The fourth-order valence-corrected chi connectivity index (χ4v) is 4.21. The van der Waals surface area contributed by atoms with Crippen molar-refractivity contribution in [1.29, 1.82) is 0 Å². The van der Waals surface area contributed by atoms with Gasteiger partial charge in [0.05, 0.1) is 106 Å². The van der Waals surface area contributed by atoms with Crippen LogP contribution in [0.4, 0.5) is 0 Å². The lowest BCUT2D eigenvalue weighted by Gasteiger charge is -2.09. The van der Waals surface area contributed by atoms with Gasteiger partial charge in [-0.15, -0.1) is 0 Å². The van der Waals surface area contributed by atoms with Gasteiger partial charge in [0, 0.05) is 5.57 Å². The Balaban J connectivity index is 1.72. The zero-order valence-electron chi connectivity index (χ0n) is 29.9. The van der Waals surface area contributed by atoms with Gasteiger partial charge in [0.15, 0.2) is 0 Å². The Morgan fingerprint density at radius 1 is 0.500 bits per heavy atom. The highest BCUT2D eigenvalue weighted by Gasteiger charge is 2.02. The normalized spacial score (nSPS) is 11.2. The minimum Gasteiger partial charge on any atom is -0.491 e. The summed E-state index contributed by atoms with van der Waals surface area (Å²) in [5.74, 6) is 0.474. The van der Waals surface area contributed by atoms with Crippen LogP contribution in [0.3, 0.4) is 0 Å². The number of hydrogen-bond donors (Lipinski definition) is 0. The van der Waals surface area contributed by atoms with Gasteiger partial charge in [0.1, 0.15) is 19.0 Å². The van der Waals surface area contributed by atoms with Gasteiger partial charge in [0.2, 0.25) is 0 Å². The summed E-state index contributed by atoms with van der Waals surface area (Å²) in [7, 11) is 0. The fraction of sp³-hybridized carbons (Fsp3) is 0.757. The number of unbranched alkanes of at least 4 members (excludes halogenated alkanes) is 6. The smallest absolute Gasteiger partial charge is 0.333 e. The Morgan fingerprint density at radius 3 is 1.25 bits per heavy atom. The highest BCUT2D eigenvalue weighted by Crippen LogP contribution is 2.15. The van der Waals surface area contributed by atoms with Crippen LogP contribution in [0.2, 0.25) is 0 Å². The van der Waals surface area contributed by atoms with Crippen molar-refractivity contribution in [2.45, 2.75) is 65.2 Å². The van der Waals surface area contributed by atoms with E-state index >= 15 is 0 Å². The second-order valence-corrected chi connectivity index (χ2v) is 11.2. The van der Waals surface area contributed by atoms with E-state index in [1.165, 1.54) is 50.5 Å². The fourth-order valence-electron chi connectivity index (χ4n) is 4.21. The van der Waals surface area contributed by atoms with Crippen LogP contribution in [-0.2, 0) is 53.8 Å². The molecule has 0 atom stereocenters. The van der Waals surface area contributed by atoms with Crippen molar-refractivity contribution in [3.8, 4) is 5.75 Å². The monoisotopic (exact) mass is 684 g/mol. The number of esters is 1. The van der Waals surface area contributed by atoms with Crippen molar-refractivity contribution < 1.29 is 52.2 Å². The van der Waals surface area contributed by atoms with Gasteiger partial charge in [-0.05, 0) is 37.5 Å². The highest BCUT2D eigenvalue weighted by atomic mass is 16.6. The van der Waals surface area contributed by atoms with Crippen LogP contribution in [0.15, 0.2) is 36.4 Å².